The minimum atomic E-state index is -0.411. The number of carbonyl (C=O) groups is 1. The number of nitrogens with zero attached hydrogens (tertiary/aromatic N) is 2. The number of esters is 1. The van der Waals surface area contributed by atoms with Gasteiger partial charge in [-0.05, 0) is 72.3 Å². The lowest BCUT2D eigenvalue weighted by Crippen LogP contribution is -2.33. The molecule has 2 aliphatic heterocycles. The van der Waals surface area contributed by atoms with Gasteiger partial charge in [-0.1, -0.05) is 57.9 Å². The second-order valence-corrected chi connectivity index (χ2v) is 9.98. The number of para-hydroxylation sites is 1. The zero-order valence-corrected chi connectivity index (χ0v) is 21.3. The Kier molecular flexibility index (Phi) is 5.99. The summed E-state index contributed by atoms with van der Waals surface area (Å²) in [4.78, 5) is 12.5. The number of halogens is 2. The molecule has 36 heavy (non-hydrogen) atoms. The molecule has 2 heterocycles. The van der Waals surface area contributed by atoms with E-state index >= 15 is 0 Å². The highest BCUT2D eigenvalue weighted by Crippen LogP contribution is 2.47. The molecule has 0 saturated carbocycles. The van der Waals surface area contributed by atoms with Crippen LogP contribution >= 0.6 is 27.5 Å². The van der Waals surface area contributed by atoms with E-state index in [1.54, 1.807) is 24.3 Å². The van der Waals surface area contributed by atoms with Gasteiger partial charge >= 0.3 is 5.97 Å². The van der Waals surface area contributed by atoms with E-state index in [1.165, 1.54) is 0 Å². The van der Waals surface area contributed by atoms with E-state index in [0.29, 0.717) is 16.3 Å². The largest absolute Gasteiger partial charge is 0.464 e. The van der Waals surface area contributed by atoms with Gasteiger partial charge in [0.2, 0.25) is 6.23 Å². The first-order valence-corrected chi connectivity index (χ1v) is 12.7. The molecule has 7 heteroatoms. The zero-order valence-electron chi connectivity index (χ0n) is 19.0. The van der Waals surface area contributed by atoms with Crippen molar-refractivity contribution in [3.8, 4) is 11.5 Å². The van der Waals surface area contributed by atoms with Crippen molar-refractivity contribution < 1.29 is 14.3 Å². The molecule has 0 saturated heterocycles. The third kappa shape index (κ3) is 4.38. The summed E-state index contributed by atoms with van der Waals surface area (Å²) in [6.07, 6.45) is 0.354. The number of rotatable bonds is 4. The van der Waals surface area contributed by atoms with Gasteiger partial charge in [0.15, 0.2) is 0 Å². The number of benzene rings is 4. The van der Waals surface area contributed by atoms with E-state index in [9.17, 15) is 4.79 Å². The van der Waals surface area contributed by atoms with Gasteiger partial charge in [0.1, 0.15) is 11.5 Å². The van der Waals surface area contributed by atoms with Gasteiger partial charge in [-0.2, -0.15) is 5.10 Å². The van der Waals surface area contributed by atoms with Gasteiger partial charge in [-0.25, -0.2) is 9.80 Å². The van der Waals surface area contributed by atoms with Crippen LogP contribution in [0.25, 0.3) is 0 Å². The van der Waals surface area contributed by atoms with Crippen LogP contribution in [0.1, 0.15) is 45.7 Å². The summed E-state index contributed by atoms with van der Waals surface area (Å²) in [6.45, 7) is 0. The molecular weight excluding hydrogens is 540 g/mol. The standard InChI is InChI=1S/C29H20BrClN2O3/c30-21-11-5-20(6-12-21)29(34)35-23-15-9-19(10-16-23)28-33-26(24-3-1-2-4-27(24)36-28)17-25(32-33)18-7-13-22(31)14-8-18/h1-16,26,28H,17H2/t26-,28-/m1/s1. The lowest BCUT2D eigenvalue weighted by molar-refractivity contribution is -0.0190. The molecule has 6 rings (SSSR count). The fraction of sp³-hybridized carbons (Fsp3) is 0.103. The quantitative estimate of drug-likeness (QED) is 0.191. The van der Waals surface area contributed by atoms with Crippen molar-refractivity contribution in [1.29, 1.82) is 0 Å². The van der Waals surface area contributed by atoms with E-state index in [-0.39, 0.29) is 6.04 Å². The average molecular weight is 560 g/mol. The fourth-order valence-corrected chi connectivity index (χ4v) is 4.91. The number of carbonyl (C=O) groups excluding carboxylic acids is 1. The molecule has 0 aliphatic carbocycles. The van der Waals surface area contributed by atoms with Crippen LogP contribution in [0.4, 0.5) is 0 Å². The molecule has 0 bridgehead atoms. The highest BCUT2D eigenvalue weighted by Gasteiger charge is 2.40. The van der Waals surface area contributed by atoms with E-state index in [1.807, 2.05) is 71.7 Å². The molecule has 0 unspecified atom stereocenters. The molecule has 178 valence electrons. The van der Waals surface area contributed by atoms with Crippen molar-refractivity contribution in [3.63, 3.8) is 0 Å². The summed E-state index contributed by atoms with van der Waals surface area (Å²) in [6, 6.07) is 30.3. The van der Waals surface area contributed by atoms with Gasteiger partial charge in [0, 0.05) is 27.0 Å². The van der Waals surface area contributed by atoms with Crippen LogP contribution in [0.5, 0.6) is 11.5 Å². The van der Waals surface area contributed by atoms with E-state index < -0.39 is 12.2 Å². The number of ether oxygens (including phenoxy) is 2. The van der Waals surface area contributed by atoms with Crippen LogP contribution in [0, 0.1) is 0 Å². The Labute approximate surface area is 222 Å². The van der Waals surface area contributed by atoms with Crippen LogP contribution < -0.4 is 9.47 Å². The summed E-state index contributed by atoms with van der Waals surface area (Å²) in [5, 5.41) is 7.70. The molecular formula is C29H20BrClN2O3. The summed E-state index contributed by atoms with van der Waals surface area (Å²) >= 11 is 9.47. The topological polar surface area (TPSA) is 51.1 Å². The Morgan fingerprint density at radius 3 is 2.42 bits per heavy atom. The summed E-state index contributed by atoms with van der Waals surface area (Å²) < 4.78 is 12.9. The van der Waals surface area contributed by atoms with Gasteiger partial charge in [0.25, 0.3) is 0 Å². The minimum Gasteiger partial charge on any atom is -0.464 e. The average Bonchev–Trinajstić information content (AvgIpc) is 3.35. The lowest BCUT2D eigenvalue weighted by atomic mass is 9.96. The SMILES string of the molecule is O=C(Oc1ccc([C@H]2Oc3ccccc3[C@H]3CC(c4ccc(Cl)cc4)=NN32)cc1)c1ccc(Br)cc1. The van der Waals surface area contributed by atoms with Crippen LogP contribution in [-0.2, 0) is 0 Å². The second kappa shape index (κ2) is 9.45. The maximum atomic E-state index is 12.5. The third-order valence-corrected chi connectivity index (χ3v) is 7.11. The van der Waals surface area contributed by atoms with Gasteiger partial charge in [-0.15, -0.1) is 0 Å². The number of hydrogen-bond donors (Lipinski definition) is 0. The molecule has 4 aromatic rings. The Morgan fingerprint density at radius 1 is 0.944 bits per heavy atom. The predicted octanol–water partition coefficient (Wildman–Crippen LogP) is 7.56. The van der Waals surface area contributed by atoms with Crippen LogP contribution in [0.2, 0.25) is 5.02 Å². The van der Waals surface area contributed by atoms with Crippen LogP contribution in [0.3, 0.4) is 0 Å². The van der Waals surface area contributed by atoms with Crippen molar-refractivity contribution >= 4 is 39.2 Å². The molecule has 4 aromatic carbocycles. The van der Waals surface area contributed by atoms with Crippen molar-refractivity contribution in [3.05, 3.63) is 129 Å². The Bertz CT molecular complexity index is 1450. The normalized spacial score (nSPS) is 18.1. The third-order valence-electron chi connectivity index (χ3n) is 6.33. The molecule has 0 N–H and O–H groups in total. The Morgan fingerprint density at radius 2 is 1.67 bits per heavy atom. The first kappa shape index (κ1) is 22.8. The van der Waals surface area contributed by atoms with Crippen LogP contribution in [0.15, 0.2) is 107 Å². The maximum absolute atomic E-state index is 12.5. The summed E-state index contributed by atoms with van der Waals surface area (Å²) in [5.74, 6) is 0.906. The van der Waals surface area contributed by atoms with Crippen molar-refractivity contribution in [2.45, 2.75) is 18.7 Å². The zero-order chi connectivity index (χ0) is 24.6. The molecule has 0 fully saturated rings. The summed E-state index contributed by atoms with van der Waals surface area (Å²) in [5.41, 5.74) is 4.54. The summed E-state index contributed by atoms with van der Waals surface area (Å²) in [7, 11) is 0. The van der Waals surface area contributed by atoms with E-state index in [2.05, 4.69) is 22.0 Å². The molecule has 0 spiro atoms. The van der Waals surface area contributed by atoms with Gasteiger partial charge in [-0.3, -0.25) is 0 Å². The van der Waals surface area contributed by atoms with Crippen LogP contribution in [-0.4, -0.2) is 16.7 Å². The van der Waals surface area contributed by atoms with E-state index in [0.717, 1.165) is 39.0 Å². The Hall–Kier alpha value is -3.61. The van der Waals surface area contributed by atoms with Crippen molar-refractivity contribution in [1.82, 2.24) is 5.01 Å². The smallest absolute Gasteiger partial charge is 0.343 e. The van der Waals surface area contributed by atoms with Gasteiger partial charge in [0.05, 0.1) is 17.3 Å². The minimum absolute atomic E-state index is 0.0561. The Balaban J connectivity index is 1.28. The predicted molar refractivity (Wildman–Crippen MR) is 143 cm³/mol. The highest BCUT2D eigenvalue weighted by molar-refractivity contribution is 9.10. The lowest BCUT2D eigenvalue weighted by Gasteiger charge is -2.38. The monoisotopic (exact) mass is 558 g/mol. The molecule has 2 atom stereocenters. The first-order chi connectivity index (χ1) is 17.5. The molecule has 0 amide bonds. The number of hydrazone groups is 1. The van der Waals surface area contributed by atoms with Crippen molar-refractivity contribution in [2.24, 2.45) is 5.10 Å². The molecule has 5 nitrogen and oxygen atoms in total. The second-order valence-electron chi connectivity index (χ2n) is 8.63. The van der Waals surface area contributed by atoms with Gasteiger partial charge < -0.3 is 9.47 Å². The van der Waals surface area contributed by atoms with Crippen molar-refractivity contribution in [2.75, 3.05) is 0 Å². The molecule has 0 aromatic heterocycles. The first-order valence-electron chi connectivity index (χ1n) is 11.5. The molecule has 0 radical (unpaired) electrons. The molecule has 2 aliphatic rings. The maximum Gasteiger partial charge on any atom is 0.343 e. The number of hydrogen-bond acceptors (Lipinski definition) is 5. The fourth-order valence-electron chi connectivity index (χ4n) is 4.52. The highest BCUT2D eigenvalue weighted by atomic mass is 79.9. The number of fused-ring (bicyclic) bond motifs is 3. The van der Waals surface area contributed by atoms with E-state index in [4.69, 9.17) is 26.2 Å².